The normalized spacial score (nSPS) is 9.94. The van der Waals surface area contributed by atoms with Gasteiger partial charge in [0.25, 0.3) is 0 Å². The van der Waals surface area contributed by atoms with E-state index in [1.54, 1.807) is 0 Å². The highest BCUT2D eigenvalue weighted by Gasteiger charge is 2.09. The van der Waals surface area contributed by atoms with Crippen molar-refractivity contribution >= 4 is 5.78 Å². The standard InChI is InChI=1S/C13H15FO2/c1-4-9(2)8-16-13-6-5-11(14)7-12(13)10(3)15/h5-7H,2,4,8H2,1,3H3. The minimum Gasteiger partial charge on any atom is -0.489 e. The zero-order chi connectivity index (χ0) is 12.1. The van der Waals surface area contributed by atoms with Gasteiger partial charge in [-0.15, -0.1) is 0 Å². The number of hydrogen-bond donors (Lipinski definition) is 0. The molecule has 0 radical (unpaired) electrons. The van der Waals surface area contributed by atoms with Gasteiger partial charge in [0.1, 0.15) is 18.2 Å². The molecule has 0 saturated heterocycles. The maximum Gasteiger partial charge on any atom is 0.163 e. The first kappa shape index (κ1) is 12.4. The summed E-state index contributed by atoms with van der Waals surface area (Å²) in [6.45, 7) is 7.51. The van der Waals surface area contributed by atoms with Crippen molar-refractivity contribution in [2.24, 2.45) is 0 Å². The second-order valence-electron chi connectivity index (χ2n) is 3.59. The molecule has 0 unspecified atom stereocenters. The molecule has 0 saturated carbocycles. The molecule has 0 aromatic heterocycles. The van der Waals surface area contributed by atoms with Gasteiger partial charge >= 0.3 is 0 Å². The van der Waals surface area contributed by atoms with Gasteiger partial charge in [0.15, 0.2) is 5.78 Å². The SMILES string of the molecule is C=C(CC)COc1ccc(F)cc1C(C)=O. The van der Waals surface area contributed by atoms with Gasteiger partial charge < -0.3 is 4.74 Å². The molecule has 0 heterocycles. The molecule has 0 atom stereocenters. The highest BCUT2D eigenvalue weighted by atomic mass is 19.1. The van der Waals surface area contributed by atoms with Crippen LogP contribution in [0.1, 0.15) is 30.6 Å². The Morgan fingerprint density at radius 2 is 2.19 bits per heavy atom. The van der Waals surface area contributed by atoms with Crippen LogP contribution in [0, 0.1) is 5.82 Å². The van der Waals surface area contributed by atoms with Crippen molar-refractivity contribution in [2.75, 3.05) is 6.61 Å². The van der Waals surface area contributed by atoms with E-state index in [4.69, 9.17) is 4.74 Å². The lowest BCUT2D eigenvalue weighted by molar-refractivity contribution is 0.101. The first-order valence-electron chi connectivity index (χ1n) is 5.14. The van der Waals surface area contributed by atoms with E-state index in [0.717, 1.165) is 12.0 Å². The summed E-state index contributed by atoms with van der Waals surface area (Å²) in [7, 11) is 0. The van der Waals surface area contributed by atoms with Gasteiger partial charge in [-0.25, -0.2) is 4.39 Å². The fourth-order valence-electron chi connectivity index (χ4n) is 1.19. The van der Waals surface area contributed by atoms with Gasteiger partial charge in [-0.1, -0.05) is 13.5 Å². The summed E-state index contributed by atoms with van der Waals surface area (Å²) in [5, 5.41) is 0. The summed E-state index contributed by atoms with van der Waals surface area (Å²) in [5.41, 5.74) is 1.20. The van der Waals surface area contributed by atoms with Gasteiger partial charge in [0, 0.05) is 0 Å². The van der Waals surface area contributed by atoms with Crippen LogP contribution < -0.4 is 4.74 Å². The zero-order valence-corrected chi connectivity index (χ0v) is 9.55. The maximum atomic E-state index is 12.9. The average molecular weight is 222 g/mol. The summed E-state index contributed by atoms with van der Waals surface area (Å²) in [5.74, 6) is -0.244. The molecule has 3 heteroatoms. The maximum absolute atomic E-state index is 12.9. The van der Waals surface area contributed by atoms with Crippen LogP contribution in [0.2, 0.25) is 0 Å². The third kappa shape index (κ3) is 3.19. The Morgan fingerprint density at radius 1 is 1.50 bits per heavy atom. The Morgan fingerprint density at radius 3 is 2.75 bits per heavy atom. The van der Waals surface area contributed by atoms with Gasteiger partial charge in [-0.3, -0.25) is 4.79 Å². The van der Waals surface area contributed by atoms with Crippen molar-refractivity contribution in [2.45, 2.75) is 20.3 Å². The van der Waals surface area contributed by atoms with Crippen LogP contribution in [0.4, 0.5) is 4.39 Å². The number of ether oxygens (including phenoxy) is 1. The number of hydrogen-bond acceptors (Lipinski definition) is 2. The molecule has 0 spiro atoms. The van der Waals surface area contributed by atoms with Gasteiger partial charge in [0.05, 0.1) is 5.56 Å². The molecule has 0 N–H and O–H groups in total. The monoisotopic (exact) mass is 222 g/mol. The number of rotatable bonds is 5. The van der Waals surface area contributed by atoms with Crippen LogP contribution in [0.5, 0.6) is 5.75 Å². The minimum atomic E-state index is -0.438. The number of Topliss-reactive ketones (excluding diaryl/α,β-unsaturated/α-hetero) is 1. The van der Waals surface area contributed by atoms with Gasteiger partial charge in [-0.2, -0.15) is 0 Å². The molecular formula is C13H15FO2. The molecule has 0 amide bonds. The number of carbonyl (C=O) groups is 1. The Bertz CT molecular complexity index is 410. The molecular weight excluding hydrogens is 207 g/mol. The summed E-state index contributed by atoms with van der Waals surface area (Å²) in [6, 6.07) is 3.93. The van der Waals surface area contributed by atoms with Crippen molar-refractivity contribution in [3.63, 3.8) is 0 Å². The lowest BCUT2D eigenvalue weighted by Crippen LogP contribution is -2.04. The largest absolute Gasteiger partial charge is 0.489 e. The van der Waals surface area contributed by atoms with E-state index in [-0.39, 0.29) is 11.3 Å². The molecule has 0 bridgehead atoms. The average Bonchev–Trinajstić information content (AvgIpc) is 2.26. The second-order valence-corrected chi connectivity index (χ2v) is 3.59. The van der Waals surface area contributed by atoms with E-state index in [1.807, 2.05) is 6.92 Å². The summed E-state index contributed by atoms with van der Waals surface area (Å²) in [6.07, 6.45) is 0.816. The van der Waals surface area contributed by atoms with Crippen LogP contribution in [0.15, 0.2) is 30.4 Å². The Balaban J connectivity index is 2.87. The topological polar surface area (TPSA) is 26.3 Å². The third-order valence-corrected chi connectivity index (χ3v) is 2.25. The molecule has 16 heavy (non-hydrogen) atoms. The third-order valence-electron chi connectivity index (χ3n) is 2.25. The van der Waals surface area contributed by atoms with Crippen molar-refractivity contribution < 1.29 is 13.9 Å². The van der Waals surface area contributed by atoms with E-state index in [9.17, 15) is 9.18 Å². The van der Waals surface area contributed by atoms with Gasteiger partial charge in [0.2, 0.25) is 0 Å². The van der Waals surface area contributed by atoms with Crippen molar-refractivity contribution in [1.29, 1.82) is 0 Å². The molecule has 1 rings (SSSR count). The lowest BCUT2D eigenvalue weighted by atomic mass is 10.1. The Labute approximate surface area is 94.7 Å². The van der Waals surface area contributed by atoms with E-state index < -0.39 is 5.82 Å². The molecule has 86 valence electrons. The van der Waals surface area contributed by atoms with E-state index in [1.165, 1.54) is 25.1 Å². The minimum absolute atomic E-state index is 0.211. The van der Waals surface area contributed by atoms with Gasteiger partial charge in [-0.05, 0) is 37.1 Å². The summed E-state index contributed by atoms with van der Waals surface area (Å²) >= 11 is 0. The molecule has 0 fully saturated rings. The van der Waals surface area contributed by atoms with Crippen LogP contribution >= 0.6 is 0 Å². The predicted molar refractivity (Wildman–Crippen MR) is 61.3 cm³/mol. The van der Waals surface area contributed by atoms with E-state index in [2.05, 4.69) is 6.58 Å². The van der Waals surface area contributed by atoms with Crippen LogP contribution in [0.25, 0.3) is 0 Å². The van der Waals surface area contributed by atoms with E-state index >= 15 is 0 Å². The smallest absolute Gasteiger partial charge is 0.163 e. The molecule has 0 aliphatic heterocycles. The number of carbonyl (C=O) groups excluding carboxylic acids is 1. The van der Waals surface area contributed by atoms with Crippen LogP contribution in [0.3, 0.4) is 0 Å². The van der Waals surface area contributed by atoms with Crippen LogP contribution in [-0.2, 0) is 0 Å². The summed E-state index contributed by atoms with van der Waals surface area (Å²) < 4.78 is 18.4. The summed E-state index contributed by atoms with van der Waals surface area (Å²) in [4.78, 5) is 11.3. The molecule has 0 aliphatic rings. The molecule has 1 aromatic carbocycles. The fourth-order valence-corrected chi connectivity index (χ4v) is 1.19. The highest BCUT2D eigenvalue weighted by molar-refractivity contribution is 5.96. The second kappa shape index (κ2) is 5.45. The Hall–Kier alpha value is -1.64. The molecule has 1 aromatic rings. The predicted octanol–water partition coefficient (Wildman–Crippen LogP) is 3.37. The zero-order valence-electron chi connectivity index (χ0n) is 9.55. The molecule has 2 nitrogen and oxygen atoms in total. The number of ketones is 1. The Kier molecular flexibility index (Phi) is 4.23. The lowest BCUT2D eigenvalue weighted by Gasteiger charge is -2.10. The van der Waals surface area contributed by atoms with Crippen LogP contribution in [-0.4, -0.2) is 12.4 Å². The first-order chi connectivity index (χ1) is 7.54. The number of halogens is 1. The number of benzene rings is 1. The molecule has 0 aliphatic carbocycles. The van der Waals surface area contributed by atoms with Crippen molar-refractivity contribution in [3.8, 4) is 5.75 Å². The fraction of sp³-hybridized carbons (Fsp3) is 0.308. The van der Waals surface area contributed by atoms with E-state index in [0.29, 0.717) is 12.4 Å². The van der Waals surface area contributed by atoms with Crippen molar-refractivity contribution in [1.82, 2.24) is 0 Å². The quantitative estimate of drug-likeness (QED) is 0.564. The first-order valence-corrected chi connectivity index (χ1v) is 5.14. The van der Waals surface area contributed by atoms with Crippen molar-refractivity contribution in [3.05, 3.63) is 41.7 Å². The highest BCUT2D eigenvalue weighted by Crippen LogP contribution is 2.21.